The maximum absolute atomic E-state index is 12.7. The molecule has 1 fully saturated rings. The van der Waals surface area contributed by atoms with E-state index in [1.54, 1.807) is 60.5 Å². The molecule has 1 N–H and O–H groups in total. The maximum Gasteiger partial charge on any atom is 0.337 e. The maximum atomic E-state index is 12.7. The largest absolute Gasteiger partial charge is 0.497 e. The third kappa shape index (κ3) is 5.17. The fourth-order valence-electron chi connectivity index (χ4n) is 3.50. The summed E-state index contributed by atoms with van der Waals surface area (Å²) in [7, 11) is 2.93. The Bertz CT molecular complexity index is 885. The predicted octanol–water partition coefficient (Wildman–Crippen LogP) is 3.29. The Morgan fingerprint density at radius 2 is 1.53 bits per heavy atom. The van der Waals surface area contributed by atoms with Crippen LogP contribution in [-0.4, -0.2) is 50.0 Å². The summed E-state index contributed by atoms with van der Waals surface area (Å²) in [5.74, 6) is 0.368. The minimum absolute atomic E-state index is 0.0756. The van der Waals surface area contributed by atoms with Gasteiger partial charge in [-0.2, -0.15) is 0 Å². The van der Waals surface area contributed by atoms with Crippen molar-refractivity contribution in [2.45, 2.75) is 19.4 Å². The lowest BCUT2D eigenvalue weighted by Crippen LogP contribution is -2.45. The van der Waals surface area contributed by atoms with E-state index in [1.807, 2.05) is 0 Å². The first kappa shape index (κ1) is 21.4. The normalized spacial score (nSPS) is 14.1. The number of hydrogen-bond acceptors (Lipinski definition) is 5. The molecule has 3 rings (SSSR count). The van der Waals surface area contributed by atoms with Gasteiger partial charge in [0, 0.05) is 31.1 Å². The lowest BCUT2D eigenvalue weighted by atomic mass is 9.89. The molecule has 0 unspecified atom stereocenters. The summed E-state index contributed by atoms with van der Waals surface area (Å²) in [6, 6.07) is 13.9. The highest BCUT2D eigenvalue weighted by Crippen LogP contribution is 2.23. The molecule has 0 radical (unpaired) electrons. The third-order valence-electron chi connectivity index (χ3n) is 5.35. The van der Waals surface area contributed by atoms with Crippen molar-refractivity contribution in [1.29, 1.82) is 0 Å². The highest BCUT2D eigenvalue weighted by atomic mass is 16.5. The number of likely N-dealkylation sites (tertiary alicyclic amines) is 1. The lowest BCUT2D eigenvalue weighted by Gasteiger charge is -2.31. The molecule has 1 aliphatic rings. The summed E-state index contributed by atoms with van der Waals surface area (Å²) in [4.78, 5) is 38.3. The SMILES string of the molecule is COC(=O)c1ccc(CNC(=O)N2CCC(C(=O)c3ccc(OC)cc3)CC2)cc1. The second-order valence-corrected chi connectivity index (χ2v) is 7.20. The number of ether oxygens (including phenoxy) is 2. The lowest BCUT2D eigenvalue weighted by molar-refractivity contribution is 0.0600. The van der Waals surface area contributed by atoms with Crippen LogP contribution in [0.5, 0.6) is 5.75 Å². The molecule has 0 saturated carbocycles. The number of hydrogen-bond donors (Lipinski definition) is 1. The van der Waals surface area contributed by atoms with Crippen molar-refractivity contribution >= 4 is 17.8 Å². The van der Waals surface area contributed by atoms with Gasteiger partial charge in [-0.05, 0) is 54.8 Å². The van der Waals surface area contributed by atoms with Gasteiger partial charge in [0.15, 0.2) is 5.78 Å². The molecule has 2 aromatic carbocycles. The summed E-state index contributed by atoms with van der Waals surface area (Å²) in [5.41, 5.74) is 2.03. The van der Waals surface area contributed by atoms with Crippen LogP contribution in [0.1, 0.15) is 39.1 Å². The second kappa shape index (κ2) is 9.91. The van der Waals surface area contributed by atoms with Crippen LogP contribution in [0.25, 0.3) is 0 Å². The summed E-state index contributed by atoms with van der Waals surface area (Å²) >= 11 is 0. The van der Waals surface area contributed by atoms with Gasteiger partial charge in [-0.25, -0.2) is 9.59 Å². The quantitative estimate of drug-likeness (QED) is 0.584. The third-order valence-corrected chi connectivity index (χ3v) is 5.35. The molecule has 2 amide bonds. The zero-order chi connectivity index (χ0) is 21.5. The van der Waals surface area contributed by atoms with E-state index in [9.17, 15) is 14.4 Å². The minimum Gasteiger partial charge on any atom is -0.497 e. The van der Waals surface area contributed by atoms with E-state index in [0.717, 1.165) is 11.3 Å². The van der Waals surface area contributed by atoms with Gasteiger partial charge in [0.2, 0.25) is 0 Å². The van der Waals surface area contributed by atoms with Gasteiger partial charge in [-0.1, -0.05) is 12.1 Å². The molecule has 7 heteroatoms. The van der Waals surface area contributed by atoms with E-state index >= 15 is 0 Å². The number of piperidine rings is 1. The average molecular weight is 410 g/mol. The molecule has 0 bridgehead atoms. The van der Waals surface area contributed by atoms with Crippen molar-refractivity contribution in [1.82, 2.24) is 10.2 Å². The summed E-state index contributed by atoms with van der Waals surface area (Å²) in [5, 5.41) is 2.89. The first-order chi connectivity index (χ1) is 14.5. The van der Waals surface area contributed by atoms with Crippen molar-refractivity contribution in [3.8, 4) is 5.75 Å². The number of methoxy groups -OCH3 is 2. The molecule has 1 heterocycles. The molecule has 1 saturated heterocycles. The minimum atomic E-state index is -0.391. The van der Waals surface area contributed by atoms with Gasteiger partial charge in [0.05, 0.1) is 19.8 Å². The van der Waals surface area contributed by atoms with E-state index in [-0.39, 0.29) is 17.7 Å². The van der Waals surface area contributed by atoms with Crippen LogP contribution >= 0.6 is 0 Å². The number of benzene rings is 2. The monoisotopic (exact) mass is 410 g/mol. The molecule has 0 aliphatic carbocycles. The Morgan fingerprint density at radius 1 is 0.933 bits per heavy atom. The van der Waals surface area contributed by atoms with Crippen LogP contribution in [0.2, 0.25) is 0 Å². The number of carbonyl (C=O) groups is 3. The molecule has 7 nitrogen and oxygen atoms in total. The highest BCUT2D eigenvalue weighted by Gasteiger charge is 2.27. The summed E-state index contributed by atoms with van der Waals surface area (Å²) in [6.07, 6.45) is 1.29. The second-order valence-electron chi connectivity index (χ2n) is 7.20. The molecule has 0 aromatic heterocycles. The molecule has 1 aliphatic heterocycles. The number of esters is 1. The van der Waals surface area contributed by atoms with E-state index in [0.29, 0.717) is 43.6 Å². The highest BCUT2D eigenvalue weighted by molar-refractivity contribution is 5.98. The zero-order valence-electron chi connectivity index (χ0n) is 17.2. The fourth-order valence-corrected chi connectivity index (χ4v) is 3.50. The number of rotatable bonds is 6. The Morgan fingerprint density at radius 3 is 2.10 bits per heavy atom. The first-order valence-corrected chi connectivity index (χ1v) is 9.90. The van der Waals surface area contributed by atoms with Gasteiger partial charge in [0.1, 0.15) is 5.75 Å². The van der Waals surface area contributed by atoms with Gasteiger partial charge >= 0.3 is 12.0 Å². The molecular formula is C23H26N2O5. The van der Waals surface area contributed by atoms with Crippen LogP contribution in [0.15, 0.2) is 48.5 Å². The van der Waals surface area contributed by atoms with Crippen molar-refractivity contribution in [2.75, 3.05) is 27.3 Å². The number of nitrogens with zero attached hydrogens (tertiary/aromatic N) is 1. The zero-order valence-corrected chi connectivity index (χ0v) is 17.2. The topological polar surface area (TPSA) is 84.9 Å². The van der Waals surface area contributed by atoms with Crippen LogP contribution < -0.4 is 10.1 Å². The van der Waals surface area contributed by atoms with E-state index < -0.39 is 5.97 Å². The van der Waals surface area contributed by atoms with Crippen molar-refractivity contribution in [2.24, 2.45) is 5.92 Å². The van der Waals surface area contributed by atoms with Crippen LogP contribution in [0.3, 0.4) is 0 Å². The number of urea groups is 1. The van der Waals surface area contributed by atoms with Gasteiger partial charge < -0.3 is 19.7 Å². The Hall–Kier alpha value is -3.35. The molecule has 2 aromatic rings. The van der Waals surface area contributed by atoms with E-state index in [4.69, 9.17) is 4.74 Å². The van der Waals surface area contributed by atoms with Gasteiger partial charge in [-0.3, -0.25) is 4.79 Å². The predicted molar refractivity (Wildman–Crippen MR) is 112 cm³/mol. The van der Waals surface area contributed by atoms with E-state index in [2.05, 4.69) is 10.1 Å². The van der Waals surface area contributed by atoms with Crippen LogP contribution in [0.4, 0.5) is 4.79 Å². The van der Waals surface area contributed by atoms with Crippen molar-refractivity contribution in [3.63, 3.8) is 0 Å². The average Bonchev–Trinajstić information content (AvgIpc) is 2.82. The van der Waals surface area contributed by atoms with Gasteiger partial charge in [-0.15, -0.1) is 0 Å². The molecule has 158 valence electrons. The number of carbonyl (C=O) groups excluding carboxylic acids is 3. The Labute approximate surface area is 176 Å². The molecular weight excluding hydrogens is 384 g/mol. The number of ketones is 1. The van der Waals surface area contributed by atoms with Gasteiger partial charge in [0.25, 0.3) is 0 Å². The van der Waals surface area contributed by atoms with Crippen molar-refractivity contribution < 1.29 is 23.9 Å². The Kier molecular flexibility index (Phi) is 7.06. The van der Waals surface area contributed by atoms with Crippen molar-refractivity contribution in [3.05, 3.63) is 65.2 Å². The summed E-state index contributed by atoms with van der Waals surface area (Å²) in [6.45, 7) is 1.45. The van der Waals surface area contributed by atoms with Crippen LogP contribution in [-0.2, 0) is 11.3 Å². The molecule has 30 heavy (non-hydrogen) atoms. The fraction of sp³-hybridized carbons (Fsp3) is 0.348. The number of amides is 2. The first-order valence-electron chi connectivity index (χ1n) is 9.90. The smallest absolute Gasteiger partial charge is 0.337 e. The molecule has 0 atom stereocenters. The van der Waals surface area contributed by atoms with Crippen LogP contribution in [0, 0.1) is 5.92 Å². The summed E-state index contributed by atoms with van der Waals surface area (Å²) < 4.78 is 9.80. The number of nitrogens with one attached hydrogen (secondary N) is 1. The Balaban J connectivity index is 1.46. The standard InChI is InChI=1S/C23H26N2O5/c1-29-20-9-7-17(8-10-20)21(26)18-11-13-25(14-12-18)23(28)24-15-16-3-5-19(6-4-16)22(27)30-2/h3-10,18H,11-15H2,1-2H3,(H,24,28). The molecule has 0 spiro atoms. The number of Topliss-reactive ketones (excluding diaryl/α,β-unsaturated/α-hetero) is 1. The van der Waals surface area contributed by atoms with E-state index in [1.165, 1.54) is 7.11 Å².